The summed E-state index contributed by atoms with van der Waals surface area (Å²) in [5.41, 5.74) is 2.45. The third-order valence-corrected chi connectivity index (χ3v) is 9.85. The molecule has 2 aromatic rings. The van der Waals surface area contributed by atoms with Crippen LogP contribution in [0.15, 0.2) is 60.7 Å². The molecular weight excluding hydrogens is 743 g/mol. The molecule has 0 nitrogen and oxygen atoms in total. The van der Waals surface area contributed by atoms with E-state index < -0.39 is 7.81 Å². The van der Waals surface area contributed by atoms with Crippen molar-refractivity contribution in [3.05, 3.63) is 71.8 Å². The molecule has 0 atom stereocenters. The van der Waals surface area contributed by atoms with Crippen LogP contribution in [0.5, 0.6) is 0 Å². The molecule has 239 valence electrons. The van der Waals surface area contributed by atoms with Crippen LogP contribution in [0.1, 0.15) is 11.1 Å². The molecule has 0 fully saturated rings. The number of rotatable bonds is 8. The SMILES string of the molecule is CP(C)CCP(C)C.CP(C)CCP(C)C.F[P-](F)(F)(F)(F)F.[S-]Cc1ccccc1.[S-]Cc1ccccc1.[Tc]. The molecule has 0 saturated heterocycles. The van der Waals surface area contributed by atoms with Crippen LogP contribution in [0.2, 0.25) is 0 Å². The van der Waals surface area contributed by atoms with Crippen LogP contribution in [0, 0.1) is 0 Å². The van der Waals surface area contributed by atoms with Crippen molar-refractivity contribution in [2.45, 2.75) is 11.5 Å². The zero-order chi connectivity index (χ0) is 31.2. The van der Waals surface area contributed by atoms with Gasteiger partial charge in [-0.3, -0.25) is 0 Å². The Kier molecular flexibility index (Phi) is 30.0. The second-order valence-electron chi connectivity index (χ2n) is 9.43. The largest absolute Gasteiger partial charge is 0.788 e. The normalized spacial score (nSPS) is 12.2. The second kappa shape index (κ2) is 24.8. The van der Waals surface area contributed by atoms with Crippen LogP contribution >= 0.6 is 39.5 Å². The third kappa shape index (κ3) is 59.0. The van der Waals surface area contributed by atoms with E-state index in [1.807, 2.05) is 60.7 Å². The summed E-state index contributed by atoms with van der Waals surface area (Å²) in [5.74, 6) is 1.45. The maximum absolute atomic E-state index is 10.7. The first-order chi connectivity index (χ1) is 17.6. The summed E-state index contributed by atoms with van der Waals surface area (Å²) in [4.78, 5) is 0. The van der Waals surface area contributed by atoms with Crippen molar-refractivity contribution >= 4 is 64.8 Å². The fourth-order valence-electron chi connectivity index (χ4n) is 1.95. The Labute approximate surface area is 269 Å². The third-order valence-electron chi connectivity index (χ3n) is 4.01. The number of hydrogen-bond donors (Lipinski definition) is 0. The quantitative estimate of drug-likeness (QED) is 0.148. The first-order valence-electron chi connectivity index (χ1n) is 12.0. The van der Waals surface area contributed by atoms with Gasteiger partial charge in [-0.05, 0) is 78.0 Å². The predicted molar refractivity (Wildman–Crippen MR) is 183 cm³/mol. The Bertz CT molecular complexity index is 732. The van der Waals surface area contributed by atoms with E-state index in [9.17, 15) is 25.2 Å². The van der Waals surface area contributed by atoms with E-state index in [1.54, 1.807) is 0 Å². The first kappa shape index (κ1) is 48.4. The molecule has 0 N–H and O–H groups in total. The summed E-state index contributed by atoms with van der Waals surface area (Å²) < 4.78 is 59.2. The molecule has 0 aliphatic rings. The van der Waals surface area contributed by atoms with Gasteiger partial charge in [0.1, 0.15) is 0 Å². The molecule has 0 aromatic heterocycles. The molecule has 14 heteroatoms. The van der Waals surface area contributed by atoms with Gasteiger partial charge in [-0.15, -0.1) is 31.7 Å². The van der Waals surface area contributed by atoms with Gasteiger partial charge in [0.2, 0.25) is 0 Å². The Morgan fingerprint density at radius 2 is 0.650 bits per heavy atom. The average molecular weight is 790 g/mol. The maximum atomic E-state index is 9.87. The zero-order valence-electron chi connectivity index (χ0n) is 24.7. The van der Waals surface area contributed by atoms with Crippen molar-refractivity contribution in [3.63, 3.8) is 0 Å². The Balaban J connectivity index is -0.000000201. The van der Waals surface area contributed by atoms with E-state index in [0.717, 1.165) is 11.5 Å². The van der Waals surface area contributed by atoms with Crippen LogP contribution in [0.4, 0.5) is 25.2 Å². The second-order valence-corrected chi connectivity index (χ2v) is 22.4. The minimum absolute atomic E-state index is 0. The molecule has 0 aliphatic carbocycles. The zero-order valence-corrected chi connectivity index (χ0v) is 32.7. The van der Waals surface area contributed by atoms with Crippen LogP contribution in [-0.2, 0) is 56.9 Å². The van der Waals surface area contributed by atoms with E-state index in [4.69, 9.17) is 25.3 Å². The summed E-state index contributed by atoms with van der Waals surface area (Å²) in [6.45, 7) is 18.8. The summed E-state index contributed by atoms with van der Waals surface area (Å²) in [6.07, 6.45) is 5.92. The summed E-state index contributed by atoms with van der Waals surface area (Å²) in [6, 6.07) is 20.1. The monoisotopic (exact) mass is 788 g/mol. The average Bonchev–Trinajstić information content (AvgIpc) is 2.82. The fraction of sp³-hybridized carbons (Fsp3) is 0.538. The number of halogens is 6. The number of benzene rings is 2. The van der Waals surface area contributed by atoms with Crippen LogP contribution < -0.4 is 0 Å². The van der Waals surface area contributed by atoms with Crippen molar-refractivity contribution in [3.8, 4) is 0 Å². The van der Waals surface area contributed by atoms with Gasteiger partial charge < -0.3 is 25.3 Å². The Morgan fingerprint density at radius 3 is 0.750 bits per heavy atom. The standard InChI is InChI=1S/2C7H8S.2C6H16P2.F6P.Tc/c2*8-6-7-4-2-1-3-5-7;2*1-7(2)5-6-8(3)4;1-7(2,3,4,5)6;/h2*1-5,8H,6H2;2*5-6H2,1-4H3;;/q;;;;-1;/p-2. The molecule has 0 spiro atoms. The van der Waals surface area contributed by atoms with E-state index in [-0.39, 0.29) is 20.1 Å². The summed E-state index contributed by atoms with van der Waals surface area (Å²) in [5, 5.41) is 0. The van der Waals surface area contributed by atoms with E-state index in [2.05, 4.69) is 53.3 Å². The van der Waals surface area contributed by atoms with Crippen molar-refractivity contribution in [1.29, 1.82) is 0 Å². The molecule has 0 aliphatic heterocycles. The van der Waals surface area contributed by atoms with Gasteiger partial charge in [-0.1, -0.05) is 71.8 Å². The maximum Gasteiger partial charge on any atom is 0 e. The van der Waals surface area contributed by atoms with Gasteiger partial charge in [0.25, 0.3) is 0 Å². The molecular formula is C26H46F6P5S2Tc-3. The fourth-order valence-corrected chi connectivity index (χ4v) is 8.73. The van der Waals surface area contributed by atoms with Crippen molar-refractivity contribution in [1.82, 2.24) is 0 Å². The van der Waals surface area contributed by atoms with Crippen LogP contribution in [0.3, 0.4) is 0 Å². The molecule has 0 saturated carbocycles. The molecule has 0 bridgehead atoms. The van der Waals surface area contributed by atoms with Gasteiger partial charge >= 0.3 is 33.0 Å². The van der Waals surface area contributed by atoms with E-state index in [0.29, 0.717) is 31.7 Å². The van der Waals surface area contributed by atoms with Crippen molar-refractivity contribution in [2.24, 2.45) is 0 Å². The van der Waals surface area contributed by atoms with Gasteiger partial charge in [0.05, 0.1) is 0 Å². The minimum atomic E-state index is -10.7. The van der Waals surface area contributed by atoms with Gasteiger partial charge in [0, 0.05) is 20.1 Å². The summed E-state index contributed by atoms with van der Waals surface area (Å²) in [7, 11) is -9.12. The van der Waals surface area contributed by atoms with Crippen LogP contribution in [-0.4, -0.2) is 78.0 Å². The topological polar surface area (TPSA) is 0 Å². The molecule has 2 rings (SSSR count). The van der Waals surface area contributed by atoms with E-state index in [1.165, 1.54) is 35.8 Å². The molecule has 40 heavy (non-hydrogen) atoms. The molecule has 0 unspecified atom stereocenters. The Morgan fingerprint density at radius 1 is 0.475 bits per heavy atom. The Hall–Kier alpha value is 1.52. The molecule has 2 aromatic carbocycles. The van der Waals surface area contributed by atoms with Crippen molar-refractivity contribution in [2.75, 3.05) is 78.0 Å². The van der Waals surface area contributed by atoms with E-state index >= 15 is 0 Å². The number of hydrogen-bond acceptors (Lipinski definition) is 2. The predicted octanol–water partition coefficient (Wildman–Crippen LogP) is 11.8. The minimum Gasteiger partial charge on any atom is -0.788 e. The summed E-state index contributed by atoms with van der Waals surface area (Å²) >= 11 is 9.64. The van der Waals surface area contributed by atoms with Crippen molar-refractivity contribution < 1.29 is 45.3 Å². The van der Waals surface area contributed by atoms with Crippen LogP contribution in [0.25, 0.3) is 0 Å². The smallest absolute Gasteiger partial charge is 0 e. The molecule has 0 heterocycles. The molecule has 0 amide bonds. The van der Waals surface area contributed by atoms with Gasteiger partial charge in [-0.25, -0.2) is 0 Å². The molecule has 1 radical (unpaired) electrons. The van der Waals surface area contributed by atoms with Gasteiger partial charge in [0.15, 0.2) is 0 Å². The van der Waals surface area contributed by atoms with Gasteiger partial charge in [-0.2, -0.15) is 11.5 Å². The first-order valence-corrected chi connectivity index (χ1v) is 24.8.